The maximum absolute atomic E-state index is 12.2. The van der Waals surface area contributed by atoms with Crippen LogP contribution in [0.2, 0.25) is 8.67 Å². The molecule has 2 heterocycles. The molecule has 0 N–H and O–H groups in total. The lowest BCUT2D eigenvalue weighted by atomic mass is 10.2. The van der Waals surface area contributed by atoms with Crippen molar-refractivity contribution < 1.29 is 4.79 Å². The van der Waals surface area contributed by atoms with Crippen molar-refractivity contribution in [3.63, 3.8) is 0 Å². The summed E-state index contributed by atoms with van der Waals surface area (Å²) in [6.07, 6.45) is 0. The molecule has 3 rings (SSSR count). The van der Waals surface area contributed by atoms with E-state index in [0.717, 1.165) is 20.7 Å². The third kappa shape index (κ3) is 2.83. The Kier molecular flexibility index (Phi) is 4.10. The summed E-state index contributed by atoms with van der Waals surface area (Å²) in [6, 6.07) is 10.3. The van der Waals surface area contributed by atoms with Gasteiger partial charge in [-0.3, -0.25) is 4.79 Å². The first-order valence-corrected chi connectivity index (χ1v) is 7.70. The first-order chi connectivity index (χ1) is 10.6. The third-order valence-electron chi connectivity index (χ3n) is 2.89. The summed E-state index contributed by atoms with van der Waals surface area (Å²) in [5.41, 5.74) is 0.345. The van der Waals surface area contributed by atoms with Crippen LogP contribution in [0.25, 0.3) is 5.69 Å². The van der Waals surface area contributed by atoms with Gasteiger partial charge in [0.15, 0.2) is 5.78 Å². The normalized spacial score (nSPS) is 10.8. The fraction of sp³-hybridized carbons (Fsp3) is 0.0769. The van der Waals surface area contributed by atoms with Gasteiger partial charge in [0, 0.05) is 0 Å². The molecule has 0 aliphatic heterocycles. The molecule has 0 bridgehead atoms. The summed E-state index contributed by atoms with van der Waals surface area (Å²) >= 11 is 12.8. The molecule has 0 saturated heterocycles. The van der Waals surface area contributed by atoms with Crippen LogP contribution in [0, 0.1) is 0 Å². The molecule has 2 aromatic heterocycles. The van der Waals surface area contributed by atoms with E-state index >= 15 is 0 Å². The largest absolute Gasteiger partial charge is 0.368 e. The van der Waals surface area contributed by atoms with Crippen LogP contribution in [0.3, 0.4) is 0 Å². The molecule has 0 saturated carbocycles. The monoisotopic (exact) mass is 354 g/mol. The molecule has 3 aromatic rings. The first kappa shape index (κ1) is 15.0. The Morgan fingerprint density at radius 2 is 1.91 bits per heavy atom. The van der Waals surface area contributed by atoms with Gasteiger partial charge in [0.2, 0.25) is 0 Å². The smallest absolute Gasteiger partial charge is 0.292 e. The van der Waals surface area contributed by atoms with Crippen molar-refractivity contribution in [3.8, 4) is 5.69 Å². The number of carbonyl (C=O) groups excluding carboxylic acids is 1. The van der Waals surface area contributed by atoms with Gasteiger partial charge in [-0.2, -0.15) is 9.36 Å². The Hall–Kier alpha value is -1.96. The molecule has 6 nitrogen and oxygen atoms in total. The van der Waals surface area contributed by atoms with Gasteiger partial charge in [-0.15, -0.1) is 11.3 Å². The number of nitrogens with zero attached hydrogens (tertiary/aromatic N) is 4. The standard InChI is InChI=1S/C13H8Cl2N4O2S/c14-11-6-9(12(15)22-11)10(20)7-18-13(21)19(17-16-18)8-4-2-1-3-5-8/h1-6H,7H2. The zero-order valence-electron chi connectivity index (χ0n) is 10.9. The number of thiophene rings is 1. The molecule has 1 aromatic carbocycles. The van der Waals surface area contributed by atoms with Crippen LogP contribution in [-0.4, -0.2) is 25.6 Å². The number of benzene rings is 1. The molecule has 0 fully saturated rings. The molecule has 0 radical (unpaired) electrons. The maximum Gasteiger partial charge on any atom is 0.368 e. The van der Waals surface area contributed by atoms with Crippen molar-refractivity contribution in [1.82, 2.24) is 19.8 Å². The van der Waals surface area contributed by atoms with Gasteiger partial charge in [0.05, 0.1) is 15.6 Å². The van der Waals surface area contributed by atoms with E-state index < -0.39 is 5.69 Å². The Labute approximate surface area is 138 Å². The average molecular weight is 355 g/mol. The van der Waals surface area contributed by atoms with Gasteiger partial charge >= 0.3 is 5.69 Å². The number of halogens is 2. The summed E-state index contributed by atoms with van der Waals surface area (Å²) in [5, 5.41) is 7.49. The minimum absolute atomic E-state index is 0.252. The van der Waals surface area contributed by atoms with Gasteiger partial charge < -0.3 is 0 Å². The summed E-state index contributed by atoms with van der Waals surface area (Å²) < 4.78 is 2.80. The highest BCUT2D eigenvalue weighted by Gasteiger charge is 2.17. The molecule has 9 heteroatoms. The van der Waals surface area contributed by atoms with E-state index in [-0.39, 0.29) is 17.9 Å². The van der Waals surface area contributed by atoms with Gasteiger partial charge in [0.1, 0.15) is 10.9 Å². The second-order valence-electron chi connectivity index (χ2n) is 4.33. The lowest BCUT2D eigenvalue weighted by molar-refractivity contribution is 0.0966. The van der Waals surface area contributed by atoms with E-state index in [1.54, 1.807) is 24.3 Å². The predicted molar refractivity (Wildman–Crippen MR) is 84.3 cm³/mol. The zero-order chi connectivity index (χ0) is 15.7. The molecule has 0 atom stereocenters. The van der Waals surface area contributed by atoms with Crippen LogP contribution in [0.1, 0.15) is 10.4 Å². The summed E-state index contributed by atoms with van der Waals surface area (Å²) in [6.45, 7) is -0.252. The average Bonchev–Trinajstić information content (AvgIpc) is 3.03. The molecule has 112 valence electrons. The highest BCUT2D eigenvalue weighted by molar-refractivity contribution is 7.20. The molecule has 0 unspecified atom stereocenters. The topological polar surface area (TPSA) is 69.8 Å². The molecule has 0 aliphatic carbocycles. The van der Waals surface area contributed by atoms with Crippen LogP contribution < -0.4 is 5.69 Å². The number of aromatic nitrogens is 4. The quantitative estimate of drug-likeness (QED) is 0.675. The van der Waals surface area contributed by atoms with Crippen molar-refractivity contribution >= 4 is 40.3 Å². The summed E-state index contributed by atoms with van der Waals surface area (Å²) in [5.74, 6) is -0.352. The molecule has 0 amide bonds. The number of hydrogen-bond donors (Lipinski definition) is 0. The SMILES string of the molecule is O=C(Cn1nnn(-c2ccccc2)c1=O)c1cc(Cl)sc1Cl. The van der Waals surface area contributed by atoms with Gasteiger partial charge in [-0.25, -0.2) is 4.79 Å². The second kappa shape index (κ2) is 6.04. The fourth-order valence-electron chi connectivity index (χ4n) is 1.86. The fourth-order valence-corrected chi connectivity index (χ4v) is 3.36. The van der Waals surface area contributed by atoms with Crippen molar-refractivity contribution in [1.29, 1.82) is 0 Å². The maximum atomic E-state index is 12.2. The van der Waals surface area contributed by atoms with E-state index in [9.17, 15) is 9.59 Å². The van der Waals surface area contributed by atoms with Crippen LogP contribution in [0.4, 0.5) is 0 Å². The molecule has 0 aliphatic rings. The number of hydrogen-bond acceptors (Lipinski definition) is 5. The number of rotatable bonds is 4. The molecular weight excluding hydrogens is 347 g/mol. The second-order valence-corrected chi connectivity index (χ2v) is 6.61. The Morgan fingerprint density at radius 3 is 2.55 bits per heavy atom. The predicted octanol–water partition coefficient (Wildman–Crippen LogP) is 2.68. The van der Waals surface area contributed by atoms with Crippen LogP contribution >= 0.6 is 34.5 Å². The van der Waals surface area contributed by atoms with E-state index in [4.69, 9.17) is 23.2 Å². The third-order valence-corrected chi connectivity index (χ3v) is 4.38. The molecule has 0 spiro atoms. The number of para-hydroxylation sites is 1. The minimum atomic E-state index is -0.503. The highest BCUT2D eigenvalue weighted by atomic mass is 35.5. The van der Waals surface area contributed by atoms with Crippen molar-refractivity contribution in [3.05, 3.63) is 61.1 Å². The van der Waals surface area contributed by atoms with Crippen LogP contribution in [0.5, 0.6) is 0 Å². The number of ketones is 1. The number of tetrazole rings is 1. The minimum Gasteiger partial charge on any atom is -0.292 e. The molecular formula is C13H8Cl2N4O2S. The van der Waals surface area contributed by atoms with E-state index in [1.807, 2.05) is 6.07 Å². The van der Waals surface area contributed by atoms with E-state index in [1.165, 1.54) is 6.07 Å². The van der Waals surface area contributed by atoms with Crippen molar-refractivity contribution in [2.24, 2.45) is 0 Å². The van der Waals surface area contributed by atoms with Crippen molar-refractivity contribution in [2.75, 3.05) is 0 Å². The number of carbonyl (C=O) groups is 1. The zero-order valence-corrected chi connectivity index (χ0v) is 13.3. The lowest BCUT2D eigenvalue weighted by Crippen LogP contribution is -2.27. The highest BCUT2D eigenvalue weighted by Crippen LogP contribution is 2.31. The summed E-state index contributed by atoms with van der Waals surface area (Å²) in [4.78, 5) is 24.4. The van der Waals surface area contributed by atoms with Crippen LogP contribution in [0.15, 0.2) is 41.2 Å². The van der Waals surface area contributed by atoms with Gasteiger partial charge in [-0.05, 0) is 28.6 Å². The van der Waals surface area contributed by atoms with E-state index in [0.29, 0.717) is 14.4 Å². The van der Waals surface area contributed by atoms with Crippen molar-refractivity contribution in [2.45, 2.75) is 6.54 Å². The van der Waals surface area contributed by atoms with E-state index in [2.05, 4.69) is 10.4 Å². The Morgan fingerprint density at radius 1 is 1.18 bits per heavy atom. The summed E-state index contributed by atoms with van der Waals surface area (Å²) in [7, 11) is 0. The lowest BCUT2D eigenvalue weighted by Gasteiger charge is -1.98. The number of Topliss-reactive ketones (excluding diaryl/α,β-unsaturated/α-hetero) is 1. The molecule has 22 heavy (non-hydrogen) atoms. The van der Waals surface area contributed by atoms with Gasteiger partial charge in [-0.1, -0.05) is 41.4 Å². The first-order valence-electron chi connectivity index (χ1n) is 6.12. The Bertz CT molecular complexity index is 885. The Balaban J connectivity index is 1.88. The van der Waals surface area contributed by atoms with Crippen LogP contribution in [-0.2, 0) is 6.54 Å². The van der Waals surface area contributed by atoms with Gasteiger partial charge in [0.25, 0.3) is 0 Å².